The van der Waals surface area contributed by atoms with Gasteiger partial charge in [0.2, 0.25) is 0 Å². The predicted molar refractivity (Wildman–Crippen MR) is 126 cm³/mol. The average molecular weight is 506 g/mol. The van der Waals surface area contributed by atoms with Gasteiger partial charge in [0.25, 0.3) is 5.91 Å². The predicted octanol–water partition coefficient (Wildman–Crippen LogP) is 5.36. The molecular formula is C22H18BrClN2O3S. The fourth-order valence-corrected chi connectivity index (χ4v) is 4.66. The first-order chi connectivity index (χ1) is 14.5. The molecule has 0 aromatic heterocycles. The molecule has 0 bridgehead atoms. The number of carbonyl (C=O) groups is 1. The molecule has 1 aliphatic heterocycles. The lowest BCUT2D eigenvalue weighted by Gasteiger charge is -2.14. The smallest absolute Gasteiger partial charge is 0.266 e. The molecule has 154 valence electrons. The van der Waals surface area contributed by atoms with Gasteiger partial charge >= 0.3 is 0 Å². The molecule has 1 fully saturated rings. The lowest BCUT2D eigenvalue weighted by molar-refractivity contribution is -0.122. The van der Waals surface area contributed by atoms with Crippen molar-refractivity contribution in [1.82, 2.24) is 4.90 Å². The largest absolute Gasteiger partial charge is 0.478 e. The van der Waals surface area contributed by atoms with E-state index in [0.29, 0.717) is 38.5 Å². The molecule has 1 heterocycles. The molecule has 0 atom stereocenters. The first-order valence-corrected chi connectivity index (χ1v) is 10.9. The molecule has 0 aliphatic carbocycles. The Balaban J connectivity index is 1.92. The minimum atomic E-state index is -0.133. The summed E-state index contributed by atoms with van der Waals surface area (Å²) in [5.41, 5.74) is 1.53. The number of methoxy groups -OCH3 is 1. The highest BCUT2D eigenvalue weighted by Crippen LogP contribution is 2.38. The summed E-state index contributed by atoms with van der Waals surface area (Å²) >= 11 is 11.1. The second kappa shape index (κ2) is 10.7. The molecule has 0 unspecified atom stereocenters. The molecule has 1 aliphatic rings. The summed E-state index contributed by atoms with van der Waals surface area (Å²) in [6.45, 7) is 0.932. The molecule has 3 rings (SSSR count). The van der Waals surface area contributed by atoms with E-state index in [9.17, 15) is 4.79 Å². The van der Waals surface area contributed by atoms with E-state index in [2.05, 4.69) is 26.8 Å². The number of aliphatic imine (C=N–C) groups is 1. The van der Waals surface area contributed by atoms with E-state index >= 15 is 0 Å². The highest BCUT2D eigenvalue weighted by Gasteiger charge is 2.33. The Kier molecular flexibility index (Phi) is 8.00. The van der Waals surface area contributed by atoms with Crippen molar-refractivity contribution in [1.29, 1.82) is 0 Å². The van der Waals surface area contributed by atoms with Crippen LogP contribution < -0.4 is 4.74 Å². The van der Waals surface area contributed by atoms with Gasteiger partial charge < -0.3 is 9.47 Å². The van der Waals surface area contributed by atoms with Gasteiger partial charge in [-0.25, -0.2) is 4.99 Å². The SMILES string of the molecule is C#CCOc1c(Cl)cc(/C=C2\SC(=Nc3ccccc3)N(CCOC)C2=O)cc1Br. The normalized spacial score (nSPS) is 16.3. The lowest BCUT2D eigenvalue weighted by Crippen LogP contribution is -2.32. The van der Waals surface area contributed by atoms with Crippen molar-refractivity contribution in [2.45, 2.75) is 0 Å². The molecule has 8 heteroatoms. The van der Waals surface area contributed by atoms with Crippen LogP contribution >= 0.6 is 39.3 Å². The Bertz CT molecular complexity index is 1010. The molecule has 2 aromatic rings. The van der Waals surface area contributed by atoms with Gasteiger partial charge in [-0.15, -0.1) is 6.42 Å². The molecule has 0 radical (unpaired) electrons. The molecule has 1 saturated heterocycles. The van der Waals surface area contributed by atoms with Crippen LogP contribution in [0.1, 0.15) is 5.56 Å². The third kappa shape index (κ3) is 5.46. The fraction of sp³-hybridized carbons (Fsp3) is 0.182. The molecule has 5 nitrogen and oxygen atoms in total. The summed E-state index contributed by atoms with van der Waals surface area (Å²) in [7, 11) is 1.60. The van der Waals surface area contributed by atoms with Crippen LogP contribution in [-0.2, 0) is 9.53 Å². The Morgan fingerprint density at radius 3 is 2.77 bits per heavy atom. The van der Waals surface area contributed by atoms with Gasteiger partial charge in [-0.3, -0.25) is 9.69 Å². The number of hydrogen-bond donors (Lipinski definition) is 0. The fourth-order valence-electron chi connectivity index (χ4n) is 2.65. The van der Waals surface area contributed by atoms with Crippen LogP contribution in [-0.4, -0.2) is 42.8 Å². The molecular weight excluding hydrogens is 488 g/mol. The monoisotopic (exact) mass is 504 g/mol. The Morgan fingerprint density at radius 2 is 2.10 bits per heavy atom. The van der Waals surface area contributed by atoms with Crippen LogP contribution in [0.25, 0.3) is 6.08 Å². The highest BCUT2D eigenvalue weighted by molar-refractivity contribution is 9.10. The first kappa shape index (κ1) is 22.4. The van der Waals surface area contributed by atoms with Crippen molar-refractivity contribution in [2.24, 2.45) is 4.99 Å². The molecule has 2 aromatic carbocycles. The van der Waals surface area contributed by atoms with Gasteiger partial charge in [0.05, 0.1) is 33.2 Å². The zero-order valence-corrected chi connectivity index (χ0v) is 19.3. The molecule has 0 spiro atoms. The zero-order chi connectivity index (χ0) is 21.5. The number of halogens is 2. The number of hydrogen-bond acceptors (Lipinski definition) is 5. The number of rotatable bonds is 7. The Morgan fingerprint density at radius 1 is 1.33 bits per heavy atom. The summed E-state index contributed by atoms with van der Waals surface area (Å²) in [4.78, 5) is 19.8. The third-order valence-electron chi connectivity index (χ3n) is 4.01. The quantitative estimate of drug-likeness (QED) is 0.375. The van der Waals surface area contributed by atoms with Gasteiger partial charge in [0, 0.05) is 7.11 Å². The number of amides is 1. The van der Waals surface area contributed by atoms with Gasteiger partial charge in [0.1, 0.15) is 6.61 Å². The van der Waals surface area contributed by atoms with Crippen LogP contribution in [0.2, 0.25) is 5.02 Å². The van der Waals surface area contributed by atoms with Crippen molar-refractivity contribution in [3.8, 4) is 18.1 Å². The van der Waals surface area contributed by atoms with Crippen LogP contribution in [0.3, 0.4) is 0 Å². The maximum atomic E-state index is 13.0. The summed E-state index contributed by atoms with van der Waals surface area (Å²) < 4.78 is 11.3. The van der Waals surface area contributed by atoms with E-state index in [1.807, 2.05) is 36.4 Å². The summed E-state index contributed by atoms with van der Waals surface area (Å²) in [6.07, 6.45) is 7.02. The minimum Gasteiger partial charge on any atom is -0.478 e. The molecule has 0 N–H and O–H groups in total. The van der Waals surface area contributed by atoms with E-state index in [4.69, 9.17) is 27.5 Å². The van der Waals surface area contributed by atoms with Crippen LogP contribution in [0.15, 0.2) is 56.8 Å². The van der Waals surface area contributed by atoms with Crippen molar-refractivity contribution in [3.63, 3.8) is 0 Å². The van der Waals surface area contributed by atoms with Gasteiger partial charge in [-0.05, 0) is 63.6 Å². The molecule has 1 amide bonds. The van der Waals surface area contributed by atoms with E-state index in [1.54, 1.807) is 24.2 Å². The Labute approximate surface area is 193 Å². The number of carbonyl (C=O) groups excluding carboxylic acids is 1. The number of nitrogens with zero attached hydrogens (tertiary/aromatic N) is 2. The topological polar surface area (TPSA) is 51.1 Å². The van der Waals surface area contributed by atoms with Gasteiger partial charge in [0.15, 0.2) is 10.9 Å². The molecule has 30 heavy (non-hydrogen) atoms. The maximum Gasteiger partial charge on any atom is 0.266 e. The van der Waals surface area contributed by atoms with E-state index < -0.39 is 0 Å². The number of benzene rings is 2. The van der Waals surface area contributed by atoms with Crippen LogP contribution in [0.5, 0.6) is 5.75 Å². The molecule has 0 saturated carbocycles. The number of amidine groups is 1. The van der Waals surface area contributed by atoms with Gasteiger partial charge in [-0.2, -0.15) is 0 Å². The van der Waals surface area contributed by atoms with E-state index in [1.165, 1.54) is 11.8 Å². The van der Waals surface area contributed by atoms with Crippen LogP contribution in [0.4, 0.5) is 5.69 Å². The number of thioether (sulfide) groups is 1. The first-order valence-electron chi connectivity index (χ1n) is 8.93. The zero-order valence-electron chi connectivity index (χ0n) is 16.1. The standard InChI is InChI=1S/C22H18BrClN2O3S/c1-3-10-29-20-17(23)12-15(13-18(20)24)14-19-21(27)26(9-11-28-2)22(30-19)25-16-7-5-4-6-8-16/h1,4-8,12-14H,9-11H2,2H3/b19-14-,25-22?. The summed E-state index contributed by atoms with van der Waals surface area (Å²) in [6, 6.07) is 13.1. The lowest BCUT2D eigenvalue weighted by atomic mass is 10.2. The average Bonchev–Trinajstić information content (AvgIpc) is 3.01. The second-order valence-electron chi connectivity index (χ2n) is 6.10. The maximum absolute atomic E-state index is 13.0. The van der Waals surface area contributed by atoms with Crippen LogP contribution in [0, 0.1) is 12.3 Å². The van der Waals surface area contributed by atoms with Crippen molar-refractivity contribution in [3.05, 3.63) is 62.4 Å². The summed E-state index contributed by atoms with van der Waals surface area (Å²) in [5.74, 6) is 2.74. The minimum absolute atomic E-state index is 0.112. The number of ether oxygens (including phenoxy) is 2. The van der Waals surface area contributed by atoms with Crippen molar-refractivity contribution < 1.29 is 14.3 Å². The van der Waals surface area contributed by atoms with E-state index in [-0.39, 0.29) is 12.5 Å². The van der Waals surface area contributed by atoms with E-state index in [0.717, 1.165) is 11.3 Å². The highest BCUT2D eigenvalue weighted by atomic mass is 79.9. The number of terminal acetylenes is 1. The van der Waals surface area contributed by atoms with Crippen molar-refractivity contribution in [2.75, 3.05) is 26.9 Å². The third-order valence-corrected chi connectivity index (χ3v) is 5.88. The van der Waals surface area contributed by atoms with Crippen molar-refractivity contribution >= 4 is 62.1 Å². The second-order valence-corrected chi connectivity index (χ2v) is 8.37. The summed E-state index contributed by atoms with van der Waals surface area (Å²) in [5, 5.41) is 1.00. The number of para-hydroxylation sites is 1. The Hall–Kier alpha value is -2.24. The van der Waals surface area contributed by atoms with Gasteiger partial charge in [-0.1, -0.05) is 35.7 Å².